The maximum Gasteiger partial charge on any atom is 0.266 e. The second-order valence-corrected chi connectivity index (χ2v) is 6.76. The molecule has 0 atom stereocenters. The van der Waals surface area contributed by atoms with Gasteiger partial charge in [-0.1, -0.05) is 12.1 Å². The number of carbonyl (C=O) groups excluding carboxylic acids is 1. The summed E-state index contributed by atoms with van der Waals surface area (Å²) in [7, 11) is 1.54. The number of anilines is 1. The van der Waals surface area contributed by atoms with Crippen LogP contribution in [-0.4, -0.2) is 19.6 Å². The average Bonchev–Trinajstić information content (AvgIpc) is 2.64. The van der Waals surface area contributed by atoms with E-state index in [1.54, 1.807) is 12.1 Å². The SMILES string of the molecule is CCOc1c(Br)cc(/C=C(/C#N)C(=O)Nc2cc(C)ccc2C)cc1OC. The Labute approximate surface area is 167 Å². The fraction of sp³-hybridized carbons (Fsp3) is 0.238. The lowest BCUT2D eigenvalue weighted by atomic mass is 10.1. The van der Waals surface area contributed by atoms with E-state index in [1.807, 2.05) is 45.0 Å². The van der Waals surface area contributed by atoms with Crippen LogP contribution < -0.4 is 14.8 Å². The summed E-state index contributed by atoms with van der Waals surface area (Å²) in [5.41, 5.74) is 3.28. The van der Waals surface area contributed by atoms with Crippen molar-refractivity contribution in [1.29, 1.82) is 5.26 Å². The van der Waals surface area contributed by atoms with E-state index in [0.29, 0.717) is 33.8 Å². The number of methoxy groups -OCH3 is 1. The first-order valence-corrected chi connectivity index (χ1v) is 9.19. The number of benzene rings is 2. The highest BCUT2D eigenvalue weighted by Crippen LogP contribution is 2.37. The zero-order valence-corrected chi connectivity index (χ0v) is 17.3. The third kappa shape index (κ3) is 5.11. The highest BCUT2D eigenvalue weighted by molar-refractivity contribution is 9.10. The first-order chi connectivity index (χ1) is 12.9. The van der Waals surface area contributed by atoms with Crippen LogP contribution in [0.3, 0.4) is 0 Å². The number of hydrogen-bond acceptors (Lipinski definition) is 4. The molecule has 5 nitrogen and oxygen atoms in total. The molecule has 6 heteroatoms. The van der Waals surface area contributed by atoms with Crippen molar-refractivity contribution in [1.82, 2.24) is 0 Å². The van der Waals surface area contributed by atoms with Crippen LogP contribution >= 0.6 is 15.9 Å². The van der Waals surface area contributed by atoms with E-state index in [9.17, 15) is 10.1 Å². The summed E-state index contributed by atoms with van der Waals surface area (Å²) in [5.74, 6) is 0.635. The Morgan fingerprint density at radius 1 is 1.30 bits per heavy atom. The van der Waals surface area contributed by atoms with E-state index in [-0.39, 0.29) is 5.57 Å². The normalized spacial score (nSPS) is 10.9. The van der Waals surface area contributed by atoms with Gasteiger partial charge in [0.1, 0.15) is 11.6 Å². The lowest BCUT2D eigenvalue weighted by molar-refractivity contribution is -0.112. The molecule has 27 heavy (non-hydrogen) atoms. The maximum absolute atomic E-state index is 12.6. The molecule has 0 radical (unpaired) electrons. The Hall–Kier alpha value is -2.78. The number of nitrogens with zero attached hydrogens (tertiary/aromatic N) is 1. The lowest BCUT2D eigenvalue weighted by Gasteiger charge is -2.12. The number of ether oxygens (including phenoxy) is 2. The van der Waals surface area contributed by atoms with Crippen molar-refractivity contribution < 1.29 is 14.3 Å². The second kappa shape index (κ2) is 9.24. The van der Waals surface area contributed by atoms with Crippen molar-refractivity contribution in [2.75, 3.05) is 19.0 Å². The van der Waals surface area contributed by atoms with Gasteiger partial charge < -0.3 is 14.8 Å². The Kier molecular flexibility index (Phi) is 7.03. The van der Waals surface area contributed by atoms with Crippen LogP contribution in [0.4, 0.5) is 5.69 Å². The molecule has 0 unspecified atom stereocenters. The average molecular weight is 429 g/mol. The van der Waals surface area contributed by atoms with E-state index in [1.165, 1.54) is 13.2 Å². The van der Waals surface area contributed by atoms with Crippen LogP contribution in [0.5, 0.6) is 11.5 Å². The first-order valence-electron chi connectivity index (χ1n) is 8.40. The fourth-order valence-electron chi connectivity index (χ4n) is 2.48. The van der Waals surface area contributed by atoms with Crippen molar-refractivity contribution in [2.45, 2.75) is 20.8 Å². The van der Waals surface area contributed by atoms with Crippen molar-refractivity contribution >= 4 is 33.6 Å². The number of nitriles is 1. The minimum atomic E-state index is -0.463. The van der Waals surface area contributed by atoms with Crippen molar-refractivity contribution in [2.24, 2.45) is 0 Å². The molecule has 0 aliphatic carbocycles. The van der Waals surface area contributed by atoms with Crippen LogP contribution in [-0.2, 0) is 4.79 Å². The van der Waals surface area contributed by atoms with Crippen molar-refractivity contribution in [3.05, 3.63) is 57.1 Å². The van der Waals surface area contributed by atoms with Crippen LogP contribution in [0.1, 0.15) is 23.6 Å². The van der Waals surface area contributed by atoms with Crippen LogP contribution in [0.15, 0.2) is 40.4 Å². The molecule has 1 amide bonds. The molecular formula is C21H21BrN2O3. The number of rotatable bonds is 6. The molecule has 0 fully saturated rings. The van der Waals surface area contributed by atoms with E-state index < -0.39 is 5.91 Å². The summed E-state index contributed by atoms with van der Waals surface area (Å²) in [6.07, 6.45) is 1.52. The summed E-state index contributed by atoms with van der Waals surface area (Å²) >= 11 is 3.44. The van der Waals surface area contributed by atoms with Gasteiger partial charge in [-0.15, -0.1) is 0 Å². The predicted molar refractivity (Wildman–Crippen MR) is 110 cm³/mol. The molecule has 0 bridgehead atoms. The number of aryl methyl sites for hydroxylation is 2. The fourth-order valence-corrected chi connectivity index (χ4v) is 3.06. The zero-order valence-electron chi connectivity index (χ0n) is 15.7. The predicted octanol–water partition coefficient (Wildman–Crippen LogP) is 5.02. The number of carbonyl (C=O) groups is 1. The van der Waals surface area contributed by atoms with Crippen molar-refractivity contribution in [3.63, 3.8) is 0 Å². The van der Waals surface area contributed by atoms with Crippen LogP contribution in [0, 0.1) is 25.2 Å². The third-order valence-corrected chi connectivity index (χ3v) is 4.45. The lowest BCUT2D eigenvalue weighted by Crippen LogP contribution is -2.14. The summed E-state index contributed by atoms with van der Waals surface area (Å²) < 4.78 is 11.6. The van der Waals surface area contributed by atoms with Crippen LogP contribution in [0.25, 0.3) is 6.08 Å². The van der Waals surface area contributed by atoms with E-state index in [4.69, 9.17) is 9.47 Å². The van der Waals surface area contributed by atoms with Crippen LogP contribution in [0.2, 0.25) is 0 Å². The summed E-state index contributed by atoms with van der Waals surface area (Å²) in [4.78, 5) is 12.6. The number of amides is 1. The molecule has 2 aromatic rings. The Morgan fingerprint density at radius 2 is 2.04 bits per heavy atom. The topological polar surface area (TPSA) is 71.3 Å². The van der Waals surface area contributed by atoms with Gasteiger partial charge in [0.15, 0.2) is 11.5 Å². The minimum Gasteiger partial charge on any atom is -0.493 e. The maximum atomic E-state index is 12.6. The molecule has 0 saturated carbocycles. The molecule has 0 heterocycles. The zero-order chi connectivity index (χ0) is 20.0. The molecule has 2 aromatic carbocycles. The van der Waals surface area contributed by atoms with Crippen molar-refractivity contribution in [3.8, 4) is 17.6 Å². The van der Waals surface area contributed by atoms with Gasteiger partial charge >= 0.3 is 0 Å². The van der Waals surface area contributed by atoms with Gasteiger partial charge in [0.05, 0.1) is 18.2 Å². The number of hydrogen-bond donors (Lipinski definition) is 1. The van der Waals surface area contributed by atoms with E-state index in [2.05, 4.69) is 21.2 Å². The summed E-state index contributed by atoms with van der Waals surface area (Å²) in [6, 6.07) is 11.2. The van der Waals surface area contributed by atoms with Gasteiger partial charge in [0, 0.05) is 5.69 Å². The molecule has 1 N–H and O–H groups in total. The number of nitrogens with one attached hydrogen (secondary N) is 1. The molecular weight excluding hydrogens is 408 g/mol. The molecule has 0 aliphatic rings. The Bertz CT molecular complexity index is 930. The minimum absolute atomic E-state index is 0.00554. The second-order valence-electron chi connectivity index (χ2n) is 5.91. The van der Waals surface area contributed by atoms with Gasteiger partial charge in [-0.05, 0) is 77.7 Å². The highest BCUT2D eigenvalue weighted by atomic mass is 79.9. The smallest absolute Gasteiger partial charge is 0.266 e. The largest absolute Gasteiger partial charge is 0.493 e. The number of halogens is 1. The first kappa shape index (κ1) is 20.5. The van der Waals surface area contributed by atoms with Gasteiger partial charge in [0.2, 0.25) is 0 Å². The van der Waals surface area contributed by atoms with Gasteiger partial charge in [-0.25, -0.2) is 0 Å². The summed E-state index contributed by atoms with van der Waals surface area (Å²) in [5, 5.41) is 12.2. The molecule has 2 rings (SSSR count). The monoisotopic (exact) mass is 428 g/mol. The van der Waals surface area contributed by atoms with Gasteiger partial charge in [0.25, 0.3) is 5.91 Å². The van der Waals surface area contributed by atoms with Gasteiger partial charge in [-0.2, -0.15) is 5.26 Å². The molecule has 0 saturated heterocycles. The van der Waals surface area contributed by atoms with E-state index in [0.717, 1.165) is 11.1 Å². The molecule has 0 aliphatic heterocycles. The molecule has 140 valence electrons. The Morgan fingerprint density at radius 3 is 2.67 bits per heavy atom. The van der Waals surface area contributed by atoms with Gasteiger partial charge in [-0.3, -0.25) is 4.79 Å². The molecule has 0 aromatic heterocycles. The third-order valence-electron chi connectivity index (χ3n) is 3.86. The summed E-state index contributed by atoms with van der Waals surface area (Å²) in [6.45, 7) is 6.22. The standard InChI is InChI=1S/C21H21BrN2O3/c1-5-27-20-17(22)10-15(11-19(20)26-4)9-16(12-23)21(25)24-18-8-13(2)6-7-14(18)3/h6-11H,5H2,1-4H3,(H,24,25)/b16-9-. The molecule has 0 spiro atoms. The Balaban J connectivity index is 2.35. The van der Waals surface area contributed by atoms with E-state index >= 15 is 0 Å². The quantitative estimate of drug-likeness (QED) is 0.517. The highest BCUT2D eigenvalue weighted by Gasteiger charge is 2.14.